The maximum Gasteiger partial charge on any atom is 0.227 e. The van der Waals surface area contributed by atoms with Gasteiger partial charge in [0.15, 0.2) is 5.75 Å². The van der Waals surface area contributed by atoms with Crippen molar-refractivity contribution in [2.45, 2.75) is 46.1 Å². The van der Waals surface area contributed by atoms with E-state index in [1.165, 1.54) is 6.33 Å². The summed E-state index contributed by atoms with van der Waals surface area (Å²) in [6.45, 7) is 7.08. The molecule has 0 saturated carbocycles. The molecule has 0 bridgehead atoms. The van der Waals surface area contributed by atoms with Gasteiger partial charge in [0.1, 0.15) is 12.1 Å². The molecule has 0 unspecified atom stereocenters. The van der Waals surface area contributed by atoms with Crippen LogP contribution in [0.25, 0.3) is 0 Å². The maximum absolute atomic E-state index is 10.5. The predicted molar refractivity (Wildman–Crippen MR) is 103 cm³/mol. The van der Waals surface area contributed by atoms with Crippen molar-refractivity contribution in [3.63, 3.8) is 0 Å². The van der Waals surface area contributed by atoms with Gasteiger partial charge >= 0.3 is 0 Å². The highest BCUT2D eigenvalue weighted by Crippen LogP contribution is 2.38. The van der Waals surface area contributed by atoms with Crippen LogP contribution in [0.3, 0.4) is 0 Å². The van der Waals surface area contributed by atoms with Crippen LogP contribution in [0.4, 0.5) is 5.82 Å². The fourth-order valence-corrected chi connectivity index (χ4v) is 3.84. The molecule has 2 N–H and O–H groups in total. The van der Waals surface area contributed by atoms with Gasteiger partial charge in [0, 0.05) is 24.7 Å². The summed E-state index contributed by atoms with van der Waals surface area (Å²) in [5.74, 6) is 1.93. The number of ether oxygens (including phenoxy) is 1. The molecule has 3 heterocycles. The molecule has 1 fully saturated rings. The second-order valence-corrected chi connectivity index (χ2v) is 7.31. The minimum absolute atomic E-state index is 0.0408. The Balaban J connectivity index is 1.88. The van der Waals surface area contributed by atoms with E-state index in [1.54, 1.807) is 6.20 Å². The van der Waals surface area contributed by atoms with Crippen LogP contribution in [-0.2, 0) is 0 Å². The summed E-state index contributed by atoms with van der Waals surface area (Å²) in [5.41, 5.74) is 1.10. The van der Waals surface area contributed by atoms with Gasteiger partial charge in [-0.1, -0.05) is 13.3 Å². The Kier molecular flexibility index (Phi) is 5.92. The van der Waals surface area contributed by atoms with E-state index in [0.29, 0.717) is 31.1 Å². The van der Waals surface area contributed by atoms with Gasteiger partial charge in [-0.3, -0.25) is 4.98 Å². The molecule has 7 nitrogen and oxygen atoms in total. The van der Waals surface area contributed by atoms with Crippen LogP contribution in [0.1, 0.15) is 37.4 Å². The van der Waals surface area contributed by atoms with E-state index in [2.05, 4.69) is 26.8 Å². The van der Waals surface area contributed by atoms with Gasteiger partial charge in [-0.25, -0.2) is 9.97 Å². The van der Waals surface area contributed by atoms with Gasteiger partial charge in [0.25, 0.3) is 0 Å². The number of aromatic nitrogens is 3. The summed E-state index contributed by atoms with van der Waals surface area (Å²) < 4.78 is 5.98. The van der Waals surface area contributed by atoms with Crippen LogP contribution in [0.15, 0.2) is 24.7 Å². The number of hydrogen-bond acceptors (Lipinski definition) is 7. The fraction of sp³-hybridized carbons (Fsp3) is 0.550. The number of hydrogen-bond donors (Lipinski definition) is 2. The first-order valence-electron chi connectivity index (χ1n) is 9.45. The molecule has 0 amide bonds. The van der Waals surface area contributed by atoms with Gasteiger partial charge in [-0.15, -0.1) is 0 Å². The molecule has 7 heteroatoms. The first kappa shape index (κ1) is 19.5. The second kappa shape index (κ2) is 8.19. The summed E-state index contributed by atoms with van der Waals surface area (Å²) in [4.78, 5) is 15.1. The Morgan fingerprint density at radius 3 is 2.81 bits per heavy atom. The van der Waals surface area contributed by atoms with Gasteiger partial charge in [-0.2, -0.15) is 0 Å². The quantitative estimate of drug-likeness (QED) is 0.805. The van der Waals surface area contributed by atoms with Gasteiger partial charge in [0.2, 0.25) is 5.88 Å². The van der Waals surface area contributed by atoms with Crippen molar-refractivity contribution in [3.8, 4) is 11.6 Å². The largest absolute Gasteiger partial charge is 0.437 e. The van der Waals surface area contributed by atoms with Crippen LogP contribution in [0.2, 0.25) is 0 Å². The molecule has 0 aromatic carbocycles. The SMILES string of the molecule is CCC[C@@]1(CO)CN(c2ncnc(Oc3cccnc3C)c2C)CC[C@H]1O. The zero-order valence-electron chi connectivity index (χ0n) is 16.2. The Bertz CT molecular complexity index is 786. The van der Waals surface area contributed by atoms with Crippen LogP contribution in [0.5, 0.6) is 11.6 Å². The zero-order valence-corrected chi connectivity index (χ0v) is 16.2. The van der Waals surface area contributed by atoms with Crippen molar-refractivity contribution in [2.75, 3.05) is 24.6 Å². The molecule has 1 aliphatic rings. The zero-order chi connectivity index (χ0) is 19.4. The lowest BCUT2D eigenvalue weighted by Crippen LogP contribution is -2.54. The lowest BCUT2D eigenvalue weighted by atomic mass is 9.74. The molecule has 2 atom stereocenters. The van der Waals surface area contributed by atoms with Crippen LogP contribution in [0, 0.1) is 19.3 Å². The third-order valence-corrected chi connectivity index (χ3v) is 5.42. The predicted octanol–water partition coefficient (Wildman–Crippen LogP) is 2.63. The van der Waals surface area contributed by atoms with E-state index in [1.807, 2.05) is 26.0 Å². The maximum atomic E-state index is 10.5. The number of piperidine rings is 1. The molecule has 2 aromatic heterocycles. The molecule has 0 radical (unpaired) electrons. The summed E-state index contributed by atoms with van der Waals surface area (Å²) >= 11 is 0. The van der Waals surface area contributed by atoms with Crippen molar-refractivity contribution in [1.82, 2.24) is 15.0 Å². The molecule has 0 spiro atoms. The van der Waals surface area contributed by atoms with E-state index >= 15 is 0 Å². The Labute approximate surface area is 160 Å². The number of aliphatic hydroxyl groups is 2. The minimum Gasteiger partial charge on any atom is -0.437 e. The smallest absolute Gasteiger partial charge is 0.227 e. The van der Waals surface area contributed by atoms with Crippen LogP contribution < -0.4 is 9.64 Å². The normalized spacial score (nSPS) is 22.7. The monoisotopic (exact) mass is 372 g/mol. The minimum atomic E-state index is -0.522. The molecule has 27 heavy (non-hydrogen) atoms. The molecule has 3 rings (SSSR count). The highest BCUT2D eigenvalue weighted by atomic mass is 16.5. The summed E-state index contributed by atoms with van der Waals surface area (Å²) in [6, 6.07) is 3.69. The molecule has 146 valence electrons. The number of rotatable bonds is 6. The molecule has 1 aliphatic heterocycles. The van der Waals surface area contributed by atoms with E-state index < -0.39 is 11.5 Å². The van der Waals surface area contributed by atoms with Crippen molar-refractivity contribution in [2.24, 2.45) is 5.41 Å². The number of anilines is 1. The summed E-state index contributed by atoms with van der Waals surface area (Å²) in [5, 5.41) is 20.5. The number of nitrogens with zero attached hydrogens (tertiary/aromatic N) is 4. The number of aliphatic hydroxyl groups excluding tert-OH is 2. The lowest BCUT2D eigenvalue weighted by molar-refractivity contribution is -0.0353. The number of pyridine rings is 1. The van der Waals surface area contributed by atoms with Crippen molar-refractivity contribution in [1.29, 1.82) is 0 Å². The number of aryl methyl sites for hydroxylation is 1. The highest BCUT2D eigenvalue weighted by Gasteiger charge is 2.42. The van der Waals surface area contributed by atoms with Crippen molar-refractivity contribution < 1.29 is 14.9 Å². The van der Waals surface area contributed by atoms with Crippen molar-refractivity contribution in [3.05, 3.63) is 35.9 Å². The lowest BCUT2D eigenvalue weighted by Gasteiger charge is -2.46. The molecular weight excluding hydrogens is 344 g/mol. The van der Waals surface area contributed by atoms with Gasteiger partial charge in [-0.05, 0) is 38.8 Å². The van der Waals surface area contributed by atoms with E-state index in [4.69, 9.17) is 4.74 Å². The first-order valence-corrected chi connectivity index (χ1v) is 9.45. The standard InChI is InChI=1S/C20H28N4O3/c1-4-8-20(12-25)11-24(10-7-17(20)26)18-14(2)19(23-13-22-18)27-16-6-5-9-21-15(16)3/h5-6,9,13,17,25-26H,4,7-8,10-12H2,1-3H3/t17-,20+/m1/s1. The Hall–Kier alpha value is -2.25. The topological polar surface area (TPSA) is 91.6 Å². The molecule has 0 aliphatic carbocycles. The average Bonchev–Trinajstić information content (AvgIpc) is 2.67. The van der Waals surface area contributed by atoms with Crippen LogP contribution >= 0.6 is 0 Å². The van der Waals surface area contributed by atoms with E-state index in [9.17, 15) is 10.2 Å². The average molecular weight is 372 g/mol. The van der Waals surface area contributed by atoms with E-state index in [0.717, 1.165) is 29.9 Å². The third-order valence-electron chi connectivity index (χ3n) is 5.42. The van der Waals surface area contributed by atoms with Crippen LogP contribution in [-0.4, -0.2) is 51.0 Å². The molecular formula is C20H28N4O3. The fourth-order valence-electron chi connectivity index (χ4n) is 3.84. The summed E-state index contributed by atoms with van der Waals surface area (Å²) in [6.07, 6.45) is 4.99. The first-order chi connectivity index (χ1) is 13.0. The Morgan fingerprint density at radius 2 is 2.11 bits per heavy atom. The van der Waals surface area contributed by atoms with E-state index in [-0.39, 0.29) is 6.61 Å². The summed E-state index contributed by atoms with van der Waals surface area (Å²) in [7, 11) is 0. The Morgan fingerprint density at radius 1 is 1.30 bits per heavy atom. The third kappa shape index (κ3) is 3.89. The van der Waals surface area contributed by atoms with Gasteiger partial charge in [0.05, 0.1) is 24.0 Å². The van der Waals surface area contributed by atoms with Crippen molar-refractivity contribution >= 4 is 5.82 Å². The molecule has 1 saturated heterocycles. The second-order valence-electron chi connectivity index (χ2n) is 7.31. The molecule has 2 aromatic rings. The highest BCUT2D eigenvalue weighted by molar-refractivity contribution is 5.52. The van der Waals surface area contributed by atoms with Gasteiger partial charge < -0.3 is 19.8 Å².